The maximum absolute atomic E-state index is 12.3. The highest BCUT2D eigenvalue weighted by atomic mass is 32.2. The molecule has 1 N–H and O–H groups in total. The zero-order valence-corrected chi connectivity index (χ0v) is 15.0. The molecule has 0 aliphatic carbocycles. The van der Waals surface area contributed by atoms with Crippen LogP contribution in [-0.4, -0.2) is 33.5 Å². The lowest BCUT2D eigenvalue weighted by Gasteiger charge is -2.14. The van der Waals surface area contributed by atoms with Gasteiger partial charge in [0.25, 0.3) is 5.91 Å². The first-order chi connectivity index (χ1) is 11.6. The van der Waals surface area contributed by atoms with Crippen molar-refractivity contribution >= 4 is 17.7 Å². The Kier molecular flexibility index (Phi) is 6.37. The van der Waals surface area contributed by atoms with E-state index in [9.17, 15) is 4.79 Å². The number of hydrogen-bond donors (Lipinski definition) is 1. The van der Waals surface area contributed by atoms with Crippen LogP contribution in [0, 0.1) is 0 Å². The minimum absolute atomic E-state index is 0.139. The fourth-order valence-corrected chi connectivity index (χ4v) is 2.66. The van der Waals surface area contributed by atoms with E-state index in [-0.39, 0.29) is 5.91 Å². The van der Waals surface area contributed by atoms with Crippen molar-refractivity contribution in [1.29, 1.82) is 0 Å². The van der Waals surface area contributed by atoms with Crippen molar-refractivity contribution in [2.75, 3.05) is 27.6 Å². The predicted octanol–water partition coefficient (Wildman–Crippen LogP) is 3.36. The van der Waals surface area contributed by atoms with Crippen LogP contribution in [-0.2, 0) is 6.54 Å². The second-order valence-electron chi connectivity index (χ2n) is 4.93. The molecule has 0 radical (unpaired) electrons. The van der Waals surface area contributed by atoms with E-state index < -0.39 is 0 Å². The summed E-state index contributed by atoms with van der Waals surface area (Å²) in [6, 6.07) is 11.0. The van der Waals surface area contributed by atoms with Gasteiger partial charge in [-0.3, -0.25) is 4.79 Å². The second kappa shape index (κ2) is 8.49. The minimum Gasteiger partial charge on any atom is -0.496 e. The molecule has 2 rings (SSSR count). The number of rotatable bonds is 7. The Morgan fingerprint density at radius 2 is 1.54 bits per heavy atom. The summed E-state index contributed by atoms with van der Waals surface area (Å²) in [6.07, 6.45) is 2.00. The van der Waals surface area contributed by atoms with Crippen molar-refractivity contribution in [3.05, 3.63) is 47.5 Å². The van der Waals surface area contributed by atoms with Crippen LogP contribution < -0.4 is 19.5 Å². The van der Waals surface area contributed by atoms with Crippen molar-refractivity contribution in [1.82, 2.24) is 5.32 Å². The Hall–Kier alpha value is -2.34. The van der Waals surface area contributed by atoms with E-state index >= 15 is 0 Å². The summed E-state index contributed by atoms with van der Waals surface area (Å²) in [5, 5.41) is 2.89. The van der Waals surface area contributed by atoms with Crippen LogP contribution in [0.15, 0.2) is 41.3 Å². The molecule has 24 heavy (non-hydrogen) atoms. The van der Waals surface area contributed by atoms with Gasteiger partial charge in [0.2, 0.25) is 0 Å². The number of thioether (sulfide) groups is 1. The molecule has 0 aromatic heterocycles. The number of ether oxygens (including phenoxy) is 3. The maximum Gasteiger partial charge on any atom is 0.251 e. The predicted molar refractivity (Wildman–Crippen MR) is 95.5 cm³/mol. The molecule has 1 amide bonds. The van der Waals surface area contributed by atoms with E-state index in [1.807, 2.05) is 30.5 Å². The lowest BCUT2D eigenvalue weighted by molar-refractivity contribution is 0.0950. The van der Waals surface area contributed by atoms with Crippen molar-refractivity contribution in [2.45, 2.75) is 11.4 Å². The number of carbonyl (C=O) groups is 1. The molecule has 0 unspecified atom stereocenters. The Balaban J connectivity index is 2.13. The van der Waals surface area contributed by atoms with Crippen LogP contribution >= 0.6 is 11.8 Å². The smallest absolute Gasteiger partial charge is 0.251 e. The zero-order chi connectivity index (χ0) is 17.5. The van der Waals surface area contributed by atoms with E-state index in [1.165, 1.54) is 0 Å². The molecule has 0 heterocycles. The monoisotopic (exact) mass is 347 g/mol. The van der Waals surface area contributed by atoms with E-state index in [0.29, 0.717) is 29.4 Å². The highest BCUT2D eigenvalue weighted by Gasteiger charge is 2.13. The van der Waals surface area contributed by atoms with E-state index in [1.54, 1.807) is 45.2 Å². The quantitative estimate of drug-likeness (QED) is 0.778. The molecule has 0 saturated heterocycles. The standard InChI is InChI=1S/C18H21NO4S/c1-21-15-10-17(23-3)16(22-2)9-13(15)11-19-18(20)12-5-7-14(24-4)8-6-12/h5-10H,11H2,1-4H3,(H,19,20). The number of nitrogens with one attached hydrogen (secondary N) is 1. The van der Waals surface area contributed by atoms with Gasteiger partial charge < -0.3 is 19.5 Å². The average Bonchev–Trinajstić information content (AvgIpc) is 2.65. The summed E-state index contributed by atoms with van der Waals surface area (Å²) >= 11 is 1.64. The van der Waals surface area contributed by atoms with Gasteiger partial charge in [0, 0.05) is 28.6 Å². The molecule has 0 bridgehead atoms. The van der Waals surface area contributed by atoms with Crippen LogP contribution in [0.3, 0.4) is 0 Å². The summed E-state index contributed by atoms with van der Waals surface area (Å²) in [6.45, 7) is 0.326. The van der Waals surface area contributed by atoms with Gasteiger partial charge in [0.05, 0.1) is 21.3 Å². The van der Waals surface area contributed by atoms with Crippen LogP contribution in [0.25, 0.3) is 0 Å². The summed E-state index contributed by atoms with van der Waals surface area (Å²) in [5.41, 5.74) is 1.43. The van der Waals surface area contributed by atoms with E-state index in [4.69, 9.17) is 14.2 Å². The molecule has 0 spiro atoms. The van der Waals surface area contributed by atoms with Gasteiger partial charge in [0.1, 0.15) is 5.75 Å². The number of carbonyl (C=O) groups excluding carboxylic acids is 1. The van der Waals surface area contributed by atoms with E-state index in [0.717, 1.165) is 10.5 Å². The van der Waals surface area contributed by atoms with Crippen LogP contribution in [0.4, 0.5) is 0 Å². The Bertz CT molecular complexity index is 701. The molecule has 2 aromatic rings. The molecular weight excluding hydrogens is 326 g/mol. The first kappa shape index (κ1) is 18.0. The summed E-state index contributed by atoms with van der Waals surface area (Å²) in [5.74, 6) is 1.66. The highest BCUT2D eigenvalue weighted by Crippen LogP contribution is 2.34. The molecule has 5 nitrogen and oxygen atoms in total. The van der Waals surface area contributed by atoms with Gasteiger partial charge in [-0.05, 0) is 36.6 Å². The largest absolute Gasteiger partial charge is 0.496 e. The average molecular weight is 347 g/mol. The molecule has 0 aliphatic heterocycles. The van der Waals surface area contributed by atoms with Gasteiger partial charge in [-0.15, -0.1) is 11.8 Å². The Morgan fingerprint density at radius 3 is 2.08 bits per heavy atom. The number of hydrogen-bond acceptors (Lipinski definition) is 5. The SMILES string of the molecule is COc1cc(OC)c(OC)cc1CNC(=O)c1ccc(SC)cc1. The molecule has 2 aromatic carbocycles. The second-order valence-corrected chi connectivity index (χ2v) is 5.81. The highest BCUT2D eigenvalue weighted by molar-refractivity contribution is 7.98. The molecule has 0 aliphatic rings. The molecule has 0 saturated carbocycles. The van der Waals surface area contributed by atoms with Gasteiger partial charge in [-0.2, -0.15) is 0 Å². The van der Waals surface area contributed by atoms with Crippen molar-refractivity contribution in [3.63, 3.8) is 0 Å². The summed E-state index contributed by atoms with van der Waals surface area (Å²) < 4.78 is 15.9. The van der Waals surface area contributed by atoms with Crippen LogP contribution in [0.2, 0.25) is 0 Å². The van der Waals surface area contributed by atoms with Crippen molar-refractivity contribution in [3.8, 4) is 17.2 Å². The summed E-state index contributed by atoms with van der Waals surface area (Å²) in [7, 11) is 4.71. The van der Waals surface area contributed by atoms with Crippen LogP contribution in [0.5, 0.6) is 17.2 Å². The zero-order valence-electron chi connectivity index (χ0n) is 14.2. The lowest BCUT2D eigenvalue weighted by Crippen LogP contribution is -2.23. The van der Waals surface area contributed by atoms with Crippen molar-refractivity contribution < 1.29 is 19.0 Å². The van der Waals surface area contributed by atoms with Gasteiger partial charge in [-0.1, -0.05) is 0 Å². The molecule has 0 fully saturated rings. The topological polar surface area (TPSA) is 56.8 Å². The normalized spacial score (nSPS) is 10.2. The summed E-state index contributed by atoms with van der Waals surface area (Å²) in [4.78, 5) is 13.4. The third kappa shape index (κ3) is 4.14. The number of benzene rings is 2. The maximum atomic E-state index is 12.3. The van der Waals surface area contributed by atoms with E-state index in [2.05, 4.69) is 5.32 Å². The fourth-order valence-electron chi connectivity index (χ4n) is 2.25. The first-order valence-electron chi connectivity index (χ1n) is 7.34. The Labute approximate surface area is 146 Å². The third-order valence-corrected chi connectivity index (χ3v) is 4.32. The molecule has 0 atom stereocenters. The minimum atomic E-state index is -0.139. The van der Waals surface area contributed by atoms with Gasteiger partial charge >= 0.3 is 0 Å². The molecular formula is C18H21NO4S. The van der Waals surface area contributed by atoms with Crippen molar-refractivity contribution in [2.24, 2.45) is 0 Å². The first-order valence-corrected chi connectivity index (χ1v) is 8.56. The van der Waals surface area contributed by atoms with Crippen LogP contribution in [0.1, 0.15) is 15.9 Å². The number of methoxy groups -OCH3 is 3. The van der Waals surface area contributed by atoms with Gasteiger partial charge in [-0.25, -0.2) is 0 Å². The third-order valence-electron chi connectivity index (χ3n) is 3.58. The molecule has 128 valence electrons. The lowest BCUT2D eigenvalue weighted by atomic mass is 10.1. The Morgan fingerprint density at radius 1 is 0.958 bits per heavy atom. The molecule has 6 heteroatoms. The fraction of sp³-hybridized carbons (Fsp3) is 0.278. The number of amides is 1. The van der Waals surface area contributed by atoms with Gasteiger partial charge in [0.15, 0.2) is 11.5 Å².